The topological polar surface area (TPSA) is 40.5 Å². The highest BCUT2D eigenvalue weighted by molar-refractivity contribution is 5.25. The van der Waals surface area contributed by atoms with Gasteiger partial charge in [-0.2, -0.15) is 0 Å². The Bertz CT molecular complexity index is 612. The Morgan fingerprint density at radius 3 is 2.59 bits per heavy atom. The average molecular weight is 403 g/mol. The van der Waals surface area contributed by atoms with Crippen LogP contribution in [0.25, 0.3) is 0 Å². The minimum Gasteiger partial charge on any atom is -0.396 e. The van der Waals surface area contributed by atoms with E-state index in [9.17, 15) is 10.2 Å². The van der Waals surface area contributed by atoms with Crippen molar-refractivity contribution in [2.45, 2.75) is 104 Å². The second-order valence-corrected chi connectivity index (χ2v) is 12.1. The number of hydrogen-bond acceptors (Lipinski definition) is 2. The standard InChI is InChI=1S/C27H46O2/c1-18(17-28)6-5-7-19(2)23-10-11-24-22-9-8-20-16-21(29)12-14-26(20,3)25(22)13-15-27(23,24)4/h8,18-19,21-25,28-29H,5-7,9-17H2,1-4H3/t18-,19+,21-,22?,23?,24?,25?,26-,27+/m0/s1. The summed E-state index contributed by atoms with van der Waals surface area (Å²) in [4.78, 5) is 0. The van der Waals surface area contributed by atoms with Gasteiger partial charge in [0.2, 0.25) is 0 Å². The highest BCUT2D eigenvalue weighted by atomic mass is 16.3. The molecule has 2 nitrogen and oxygen atoms in total. The zero-order valence-corrected chi connectivity index (χ0v) is 19.5. The van der Waals surface area contributed by atoms with Gasteiger partial charge in [-0.15, -0.1) is 0 Å². The largest absolute Gasteiger partial charge is 0.396 e. The van der Waals surface area contributed by atoms with E-state index in [4.69, 9.17) is 0 Å². The normalized spacial score (nSPS) is 46.3. The van der Waals surface area contributed by atoms with Crippen molar-refractivity contribution in [3.05, 3.63) is 11.6 Å². The van der Waals surface area contributed by atoms with Gasteiger partial charge in [-0.05, 0) is 104 Å². The molecule has 4 rings (SSSR count). The summed E-state index contributed by atoms with van der Waals surface area (Å²) in [7, 11) is 0. The highest BCUT2D eigenvalue weighted by Crippen LogP contribution is 2.67. The van der Waals surface area contributed by atoms with Gasteiger partial charge < -0.3 is 10.2 Å². The number of fused-ring (bicyclic) bond motifs is 5. The van der Waals surface area contributed by atoms with E-state index in [1.165, 1.54) is 57.8 Å². The molecule has 0 aromatic heterocycles. The van der Waals surface area contributed by atoms with Crippen LogP contribution in [0.3, 0.4) is 0 Å². The van der Waals surface area contributed by atoms with Gasteiger partial charge in [0.15, 0.2) is 0 Å². The smallest absolute Gasteiger partial charge is 0.0577 e. The second kappa shape index (κ2) is 8.30. The molecule has 3 fully saturated rings. The summed E-state index contributed by atoms with van der Waals surface area (Å²) in [5.74, 6) is 4.82. The van der Waals surface area contributed by atoms with Gasteiger partial charge >= 0.3 is 0 Å². The molecule has 4 aliphatic rings. The lowest BCUT2D eigenvalue weighted by atomic mass is 9.47. The van der Waals surface area contributed by atoms with E-state index in [0.29, 0.717) is 23.4 Å². The molecule has 0 saturated heterocycles. The third kappa shape index (κ3) is 3.75. The molecule has 0 radical (unpaired) electrons. The van der Waals surface area contributed by atoms with Gasteiger partial charge in [-0.3, -0.25) is 0 Å². The van der Waals surface area contributed by atoms with Gasteiger partial charge in [0, 0.05) is 6.61 Å². The molecule has 29 heavy (non-hydrogen) atoms. The van der Waals surface area contributed by atoms with Crippen LogP contribution in [-0.2, 0) is 0 Å². The molecule has 9 atom stereocenters. The molecule has 3 saturated carbocycles. The fraction of sp³-hybridized carbons (Fsp3) is 0.926. The predicted molar refractivity (Wildman–Crippen MR) is 120 cm³/mol. The molecule has 166 valence electrons. The predicted octanol–water partition coefficient (Wildman–Crippen LogP) is 6.36. The van der Waals surface area contributed by atoms with Crippen LogP contribution in [-0.4, -0.2) is 22.9 Å². The van der Waals surface area contributed by atoms with Crippen LogP contribution in [0.1, 0.15) is 98.3 Å². The fourth-order valence-corrected chi connectivity index (χ4v) is 8.70. The van der Waals surface area contributed by atoms with Crippen LogP contribution >= 0.6 is 0 Å². The van der Waals surface area contributed by atoms with Crippen molar-refractivity contribution in [3.8, 4) is 0 Å². The lowest BCUT2D eigenvalue weighted by molar-refractivity contribution is -0.0573. The number of aliphatic hydroxyl groups excluding tert-OH is 2. The van der Waals surface area contributed by atoms with Crippen LogP contribution in [0.2, 0.25) is 0 Å². The van der Waals surface area contributed by atoms with Gasteiger partial charge in [-0.1, -0.05) is 52.2 Å². The zero-order chi connectivity index (χ0) is 20.8. The molecule has 0 aromatic carbocycles. The lowest BCUT2D eigenvalue weighted by Gasteiger charge is -2.58. The Morgan fingerprint density at radius 2 is 1.83 bits per heavy atom. The first-order chi connectivity index (χ1) is 13.8. The number of hydrogen-bond donors (Lipinski definition) is 2. The summed E-state index contributed by atoms with van der Waals surface area (Å²) < 4.78 is 0. The fourth-order valence-electron chi connectivity index (χ4n) is 8.70. The molecule has 0 heterocycles. The molecule has 0 amide bonds. The van der Waals surface area contributed by atoms with E-state index in [1.54, 1.807) is 5.57 Å². The molecule has 0 aliphatic heterocycles. The maximum atomic E-state index is 10.2. The van der Waals surface area contributed by atoms with Crippen LogP contribution in [0.5, 0.6) is 0 Å². The first-order valence-corrected chi connectivity index (χ1v) is 12.8. The van der Waals surface area contributed by atoms with Crippen molar-refractivity contribution in [2.75, 3.05) is 6.61 Å². The lowest BCUT2D eigenvalue weighted by Crippen LogP contribution is -2.50. The average Bonchev–Trinajstić information content (AvgIpc) is 3.05. The molecule has 0 aromatic rings. The van der Waals surface area contributed by atoms with Gasteiger partial charge in [0.1, 0.15) is 0 Å². The van der Waals surface area contributed by atoms with E-state index in [-0.39, 0.29) is 6.10 Å². The molecular weight excluding hydrogens is 356 g/mol. The maximum Gasteiger partial charge on any atom is 0.0577 e. The van der Waals surface area contributed by atoms with E-state index < -0.39 is 0 Å². The van der Waals surface area contributed by atoms with Crippen molar-refractivity contribution in [1.82, 2.24) is 0 Å². The monoisotopic (exact) mass is 402 g/mol. The van der Waals surface area contributed by atoms with Gasteiger partial charge in [0.05, 0.1) is 6.10 Å². The zero-order valence-electron chi connectivity index (χ0n) is 19.5. The van der Waals surface area contributed by atoms with Gasteiger partial charge in [-0.25, -0.2) is 0 Å². The third-order valence-corrected chi connectivity index (χ3v) is 10.5. The molecule has 2 N–H and O–H groups in total. The van der Waals surface area contributed by atoms with E-state index in [2.05, 4.69) is 33.8 Å². The molecule has 4 unspecified atom stereocenters. The Kier molecular flexibility index (Phi) is 6.26. The summed E-state index contributed by atoms with van der Waals surface area (Å²) in [5.41, 5.74) is 2.51. The van der Waals surface area contributed by atoms with Crippen molar-refractivity contribution in [3.63, 3.8) is 0 Å². The van der Waals surface area contributed by atoms with Crippen molar-refractivity contribution in [2.24, 2.45) is 46.3 Å². The molecular formula is C27H46O2. The summed E-state index contributed by atoms with van der Waals surface area (Å²) in [6.07, 6.45) is 16.4. The number of aliphatic hydroxyl groups is 2. The second-order valence-electron chi connectivity index (χ2n) is 12.1. The van der Waals surface area contributed by atoms with E-state index >= 15 is 0 Å². The summed E-state index contributed by atoms with van der Waals surface area (Å²) in [6, 6.07) is 0. The summed E-state index contributed by atoms with van der Waals surface area (Å²) >= 11 is 0. The van der Waals surface area contributed by atoms with Crippen LogP contribution in [0.15, 0.2) is 11.6 Å². The quantitative estimate of drug-likeness (QED) is 0.507. The Labute approximate surface area is 179 Å². The SMILES string of the molecule is C[C@H](CO)CCC[C@@H](C)C1CCC2C3CC=C4C[C@@H](O)CC[C@]4(C)C3CC[C@@]21C. The number of rotatable bonds is 6. The van der Waals surface area contributed by atoms with Crippen LogP contribution in [0, 0.1) is 46.3 Å². The molecule has 0 bridgehead atoms. The third-order valence-electron chi connectivity index (χ3n) is 10.5. The molecule has 4 aliphatic carbocycles. The Hall–Kier alpha value is -0.340. The summed E-state index contributed by atoms with van der Waals surface area (Å²) in [5, 5.41) is 19.5. The Balaban J connectivity index is 1.46. The Morgan fingerprint density at radius 1 is 1.03 bits per heavy atom. The first kappa shape index (κ1) is 21.9. The molecule has 2 heteroatoms. The van der Waals surface area contributed by atoms with E-state index in [1.807, 2.05) is 0 Å². The maximum absolute atomic E-state index is 10.2. The van der Waals surface area contributed by atoms with Gasteiger partial charge in [0.25, 0.3) is 0 Å². The van der Waals surface area contributed by atoms with Crippen LogP contribution in [0.4, 0.5) is 0 Å². The minimum absolute atomic E-state index is 0.0926. The van der Waals surface area contributed by atoms with Crippen molar-refractivity contribution >= 4 is 0 Å². The van der Waals surface area contributed by atoms with Crippen molar-refractivity contribution in [1.29, 1.82) is 0 Å². The summed E-state index contributed by atoms with van der Waals surface area (Å²) in [6.45, 7) is 10.2. The number of allylic oxidation sites excluding steroid dienone is 1. The first-order valence-electron chi connectivity index (χ1n) is 12.8. The highest BCUT2D eigenvalue weighted by Gasteiger charge is 2.59. The van der Waals surface area contributed by atoms with Crippen molar-refractivity contribution < 1.29 is 10.2 Å². The van der Waals surface area contributed by atoms with Crippen LogP contribution < -0.4 is 0 Å². The van der Waals surface area contributed by atoms with E-state index in [0.717, 1.165) is 42.4 Å². The minimum atomic E-state index is -0.0926. The molecule has 0 spiro atoms.